The number of hydrogen-bond donors (Lipinski definition) is 1. The van der Waals surface area contributed by atoms with Crippen molar-refractivity contribution in [2.75, 3.05) is 0 Å². The predicted molar refractivity (Wildman–Crippen MR) is 96.1 cm³/mol. The maximum absolute atomic E-state index is 10.3. The SMILES string of the molecule is CC(C)(C)C1CCC23OC(=N)C(C#N)(C2C1)C(C#N)(C#N)C(c1ccco1)O3. The summed E-state index contributed by atoms with van der Waals surface area (Å²) >= 11 is 0. The van der Waals surface area contributed by atoms with Crippen molar-refractivity contribution < 1.29 is 13.9 Å². The van der Waals surface area contributed by atoms with Gasteiger partial charge in [-0.1, -0.05) is 20.8 Å². The molecular weight excluding hydrogens is 356 g/mol. The largest absolute Gasteiger partial charge is 0.466 e. The van der Waals surface area contributed by atoms with Crippen LogP contribution in [0.3, 0.4) is 0 Å². The smallest absolute Gasteiger partial charge is 0.217 e. The van der Waals surface area contributed by atoms with Gasteiger partial charge in [0.05, 0.1) is 30.4 Å². The zero-order valence-electron chi connectivity index (χ0n) is 16.2. The second kappa shape index (κ2) is 5.60. The van der Waals surface area contributed by atoms with Gasteiger partial charge in [-0.2, -0.15) is 15.8 Å². The Morgan fingerprint density at radius 1 is 1.18 bits per heavy atom. The summed E-state index contributed by atoms with van der Waals surface area (Å²) in [4.78, 5) is 0. The quantitative estimate of drug-likeness (QED) is 0.785. The third-order valence-electron chi connectivity index (χ3n) is 6.94. The molecule has 0 radical (unpaired) electrons. The van der Waals surface area contributed by atoms with Crippen LogP contribution in [0, 0.1) is 67.5 Å². The van der Waals surface area contributed by atoms with E-state index in [0.717, 1.165) is 6.42 Å². The summed E-state index contributed by atoms with van der Waals surface area (Å²) in [6.45, 7) is 6.42. The van der Waals surface area contributed by atoms with Gasteiger partial charge in [-0.15, -0.1) is 0 Å². The predicted octanol–water partition coefficient (Wildman–Crippen LogP) is 4.06. The van der Waals surface area contributed by atoms with Crippen molar-refractivity contribution in [3.05, 3.63) is 24.2 Å². The van der Waals surface area contributed by atoms with E-state index in [1.54, 1.807) is 12.1 Å². The van der Waals surface area contributed by atoms with Gasteiger partial charge in [-0.05, 0) is 36.3 Å². The van der Waals surface area contributed by atoms with E-state index in [0.29, 0.717) is 12.8 Å². The molecule has 2 saturated heterocycles. The molecule has 144 valence electrons. The van der Waals surface area contributed by atoms with Crippen molar-refractivity contribution in [3.8, 4) is 18.2 Å². The zero-order chi connectivity index (χ0) is 20.4. The molecule has 1 aromatic heterocycles. The lowest BCUT2D eigenvalue weighted by molar-refractivity contribution is -0.304. The van der Waals surface area contributed by atoms with Crippen molar-refractivity contribution in [1.82, 2.24) is 0 Å². The number of furan rings is 1. The van der Waals surface area contributed by atoms with Crippen LogP contribution in [0.1, 0.15) is 51.9 Å². The zero-order valence-corrected chi connectivity index (χ0v) is 16.2. The van der Waals surface area contributed by atoms with E-state index in [2.05, 4.69) is 26.8 Å². The summed E-state index contributed by atoms with van der Waals surface area (Å²) in [5.41, 5.74) is -3.67. The Morgan fingerprint density at radius 3 is 2.43 bits per heavy atom. The highest BCUT2D eigenvalue weighted by Crippen LogP contribution is 2.70. The molecule has 2 bridgehead atoms. The van der Waals surface area contributed by atoms with Crippen molar-refractivity contribution in [3.63, 3.8) is 0 Å². The van der Waals surface area contributed by atoms with Gasteiger partial charge in [0, 0.05) is 6.42 Å². The molecule has 4 rings (SSSR count). The molecule has 1 aromatic rings. The molecule has 2 aliphatic heterocycles. The molecule has 5 atom stereocenters. The molecule has 1 N–H and O–H groups in total. The van der Waals surface area contributed by atoms with Crippen LogP contribution in [0.5, 0.6) is 0 Å². The average molecular weight is 378 g/mol. The molecule has 3 fully saturated rings. The van der Waals surface area contributed by atoms with E-state index in [4.69, 9.17) is 19.3 Å². The Kier molecular flexibility index (Phi) is 3.71. The van der Waals surface area contributed by atoms with E-state index in [1.165, 1.54) is 6.26 Å². The van der Waals surface area contributed by atoms with Crippen molar-refractivity contribution in [1.29, 1.82) is 21.2 Å². The normalized spacial score (nSPS) is 38.4. The summed E-state index contributed by atoms with van der Waals surface area (Å²) in [5.74, 6) is -1.56. The lowest BCUT2D eigenvalue weighted by Crippen LogP contribution is -2.61. The van der Waals surface area contributed by atoms with Crippen LogP contribution in [-0.2, 0) is 9.47 Å². The number of nitriles is 3. The van der Waals surface area contributed by atoms with Gasteiger partial charge in [-0.3, -0.25) is 5.41 Å². The van der Waals surface area contributed by atoms with Crippen LogP contribution in [0.4, 0.5) is 0 Å². The van der Waals surface area contributed by atoms with E-state index in [9.17, 15) is 15.8 Å². The van der Waals surface area contributed by atoms with Crippen LogP contribution in [-0.4, -0.2) is 11.7 Å². The number of nitrogens with one attached hydrogen (secondary N) is 1. The molecule has 3 heterocycles. The van der Waals surface area contributed by atoms with Crippen molar-refractivity contribution >= 4 is 5.90 Å². The molecule has 7 heteroatoms. The molecule has 0 spiro atoms. The first-order valence-corrected chi connectivity index (χ1v) is 9.44. The Labute approximate surface area is 164 Å². The molecule has 1 aliphatic carbocycles. The second-order valence-corrected chi connectivity index (χ2v) is 9.10. The van der Waals surface area contributed by atoms with Gasteiger partial charge in [0.25, 0.3) is 0 Å². The van der Waals surface area contributed by atoms with Gasteiger partial charge in [0.2, 0.25) is 17.1 Å². The van der Waals surface area contributed by atoms with Gasteiger partial charge < -0.3 is 13.9 Å². The summed E-state index contributed by atoms with van der Waals surface area (Å²) < 4.78 is 17.7. The fraction of sp³-hybridized carbons (Fsp3) is 0.619. The molecule has 0 amide bonds. The Hall–Kier alpha value is -2.82. The highest BCUT2D eigenvalue weighted by Gasteiger charge is 2.81. The maximum Gasteiger partial charge on any atom is 0.217 e. The first kappa shape index (κ1) is 18.5. The minimum Gasteiger partial charge on any atom is -0.466 e. The Morgan fingerprint density at radius 2 is 1.89 bits per heavy atom. The van der Waals surface area contributed by atoms with E-state index >= 15 is 0 Å². The molecule has 3 aliphatic rings. The monoisotopic (exact) mass is 378 g/mol. The highest BCUT2D eigenvalue weighted by atomic mass is 16.7. The third-order valence-corrected chi connectivity index (χ3v) is 6.94. The summed E-state index contributed by atoms with van der Waals surface area (Å²) in [7, 11) is 0. The molecule has 1 saturated carbocycles. The minimum absolute atomic E-state index is 0.0142. The van der Waals surface area contributed by atoms with Crippen LogP contribution < -0.4 is 0 Å². The van der Waals surface area contributed by atoms with Crippen LogP contribution >= 0.6 is 0 Å². The molecule has 0 aromatic carbocycles. The lowest BCUT2D eigenvalue weighted by Gasteiger charge is -2.53. The summed E-state index contributed by atoms with van der Waals surface area (Å²) in [6.07, 6.45) is 2.19. The standard InChI is InChI=1S/C21H22N4O3/c1-18(2,3)13-6-7-21-15(9-13)20(12-24,17(25)28-21)19(10-22,11-23)16(27-21)14-5-4-8-26-14/h4-5,8,13,15-16,25H,6-7,9H2,1-3H3. The molecule has 5 unspecified atom stereocenters. The maximum atomic E-state index is 10.3. The average Bonchev–Trinajstić information content (AvgIpc) is 3.25. The highest BCUT2D eigenvalue weighted by molar-refractivity contribution is 5.89. The molecule has 28 heavy (non-hydrogen) atoms. The number of rotatable bonds is 1. The Balaban J connectivity index is 1.94. The number of nitrogens with zero attached hydrogens (tertiary/aromatic N) is 3. The topological polar surface area (TPSA) is 127 Å². The van der Waals surface area contributed by atoms with Crippen molar-refractivity contribution in [2.24, 2.45) is 28.1 Å². The number of hydrogen-bond acceptors (Lipinski definition) is 7. The second-order valence-electron chi connectivity index (χ2n) is 9.10. The third kappa shape index (κ3) is 1.96. The van der Waals surface area contributed by atoms with Crippen LogP contribution in [0.2, 0.25) is 0 Å². The lowest BCUT2D eigenvalue weighted by atomic mass is 9.50. The number of ether oxygens (including phenoxy) is 2. The van der Waals surface area contributed by atoms with E-state index < -0.39 is 28.6 Å². The van der Waals surface area contributed by atoms with Crippen LogP contribution in [0.15, 0.2) is 22.8 Å². The van der Waals surface area contributed by atoms with Gasteiger partial charge >= 0.3 is 0 Å². The van der Waals surface area contributed by atoms with Crippen LogP contribution in [0.25, 0.3) is 0 Å². The summed E-state index contributed by atoms with van der Waals surface area (Å²) in [5, 5.41) is 39.2. The fourth-order valence-electron chi connectivity index (χ4n) is 5.32. The van der Waals surface area contributed by atoms with Gasteiger partial charge in [0.1, 0.15) is 5.76 Å². The minimum atomic E-state index is -1.94. The Bertz CT molecular complexity index is 928. The molecular formula is C21H22N4O3. The first-order valence-electron chi connectivity index (χ1n) is 9.44. The molecule has 7 nitrogen and oxygen atoms in total. The summed E-state index contributed by atoms with van der Waals surface area (Å²) in [6, 6.07) is 9.56. The first-order chi connectivity index (χ1) is 13.2. The van der Waals surface area contributed by atoms with E-state index in [1.807, 2.05) is 12.1 Å². The fourth-order valence-corrected chi connectivity index (χ4v) is 5.32. The van der Waals surface area contributed by atoms with Gasteiger partial charge in [-0.25, -0.2) is 0 Å². The van der Waals surface area contributed by atoms with E-state index in [-0.39, 0.29) is 23.0 Å². The van der Waals surface area contributed by atoms with Gasteiger partial charge in [0.15, 0.2) is 11.5 Å². The van der Waals surface area contributed by atoms with Crippen molar-refractivity contribution in [2.45, 2.75) is 51.9 Å².